The van der Waals surface area contributed by atoms with Crippen LogP contribution in [0.2, 0.25) is 0 Å². The first-order chi connectivity index (χ1) is 13.6. The quantitative estimate of drug-likeness (QED) is 0.618. The van der Waals surface area contributed by atoms with E-state index in [-0.39, 0.29) is 6.42 Å². The SMILES string of the molecule is NC1=C(CCCc2ccccc2)C=C(c2ccccc2)NN1CCCC(=O)O. The maximum Gasteiger partial charge on any atom is 0.303 e. The number of benzene rings is 2. The number of carboxylic acids is 1. The zero-order chi connectivity index (χ0) is 19.8. The minimum atomic E-state index is -0.790. The highest BCUT2D eigenvalue weighted by Crippen LogP contribution is 2.25. The molecule has 5 nitrogen and oxygen atoms in total. The molecule has 0 radical (unpaired) electrons. The molecular formula is C23H27N3O2. The van der Waals surface area contributed by atoms with Crippen LogP contribution in [0.4, 0.5) is 0 Å². The van der Waals surface area contributed by atoms with Gasteiger partial charge in [0.25, 0.3) is 0 Å². The predicted octanol–water partition coefficient (Wildman–Crippen LogP) is 3.91. The zero-order valence-corrected chi connectivity index (χ0v) is 16.0. The van der Waals surface area contributed by atoms with Crippen molar-refractivity contribution in [2.45, 2.75) is 32.1 Å². The minimum Gasteiger partial charge on any atom is -0.481 e. The van der Waals surface area contributed by atoms with E-state index in [1.54, 1.807) is 0 Å². The highest BCUT2D eigenvalue weighted by molar-refractivity contribution is 5.68. The lowest BCUT2D eigenvalue weighted by molar-refractivity contribution is -0.137. The van der Waals surface area contributed by atoms with E-state index in [0.29, 0.717) is 18.8 Å². The van der Waals surface area contributed by atoms with E-state index in [0.717, 1.165) is 36.1 Å². The molecule has 0 spiro atoms. The lowest BCUT2D eigenvalue weighted by Gasteiger charge is -2.33. The molecule has 0 aromatic heterocycles. The summed E-state index contributed by atoms with van der Waals surface area (Å²) < 4.78 is 0. The first-order valence-electron chi connectivity index (χ1n) is 9.69. The van der Waals surface area contributed by atoms with Gasteiger partial charge >= 0.3 is 5.97 Å². The van der Waals surface area contributed by atoms with Crippen LogP contribution in [0.1, 0.15) is 36.8 Å². The molecule has 0 saturated heterocycles. The van der Waals surface area contributed by atoms with Gasteiger partial charge in [-0.15, -0.1) is 0 Å². The van der Waals surface area contributed by atoms with Crippen LogP contribution >= 0.6 is 0 Å². The Bertz CT molecular complexity index is 845. The van der Waals surface area contributed by atoms with Crippen LogP contribution in [0, 0.1) is 0 Å². The first kappa shape index (κ1) is 19.5. The largest absolute Gasteiger partial charge is 0.481 e. The minimum absolute atomic E-state index is 0.124. The number of allylic oxidation sites excluding steroid dienone is 2. The van der Waals surface area contributed by atoms with Gasteiger partial charge in [-0.1, -0.05) is 60.7 Å². The molecule has 0 atom stereocenters. The summed E-state index contributed by atoms with van der Waals surface area (Å²) in [6, 6.07) is 20.5. The van der Waals surface area contributed by atoms with Crippen molar-refractivity contribution in [3.8, 4) is 0 Å². The van der Waals surface area contributed by atoms with Gasteiger partial charge in [-0.2, -0.15) is 0 Å². The van der Waals surface area contributed by atoms with Crippen molar-refractivity contribution >= 4 is 11.7 Å². The van der Waals surface area contributed by atoms with E-state index >= 15 is 0 Å². The van der Waals surface area contributed by atoms with Crippen LogP contribution in [0.25, 0.3) is 5.70 Å². The number of carboxylic acid groups (broad SMARTS) is 1. The molecule has 0 fully saturated rings. The number of rotatable bonds is 9. The molecule has 146 valence electrons. The highest BCUT2D eigenvalue weighted by atomic mass is 16.4. The van der Waals surface area contributed by atoms with Gasteiger partial charge < -0.3 is 10.8 Å². The van der Waals surface area contributed by atoms with E-state index in [1.165, 1.54) is 5.56 Å². The van der Waals surface area contributed by atoms with Gasteiger partial charge in [-0.05, 0) is 48.5 Å². The van der Waals surface area contributed by atoms with Gasteiger partial charge in [0.15, 0.2) is 0 Å². The summed E-state index contributed by atoms with van der Waals surface area (Å²) in [7, 11) is 0. The predicted molar refractivity (Wildman–Crippen MR) is 112 cm³/mol. The van der Waals surface area contributed by atoms with Gasteiger partial charge in [-0.25, -0.2) is 0 Å². The molecule has 4 N–H and O–H groups in total. The summed E-state index contributed by atoms with van der Waals surface area (Å²) in [6.45, 7) is 0.546. The second-order valence-corrected chi connectivity index (χ2v) is 6.93. The molecule has 0 aliphatic carbocycles. The fourth-order valence-corrected chi connectivity index (χ4v) is 3.32. The third-order valence-corrected chi connectivity index (χ3v) is 4.81. The van der Waals surface area contributed by atoms with Crippen molar-refractivity contribution in [1.82, 2.24) is 10.4 Å². The summed E-state index contributed by atoms with van der Waals surface area (Å²) in [5.74, 6) is -0.111. The topological polar surface area (TPSA) is 78.6 Å². The number of nitrogens with two attached hydrogens (primary N) is 1. The van der Waals surface area contributed by atoms with E-state index in [4.69, 9.17) is 10.8 Å². The average molecular weight is 377 g/mol. The van der Waals surface area contributed by atoms with Crippen molar-refractivity contribution in [2.75, 3.05) is 6.54 Å². The molecule has 0 unspecified atom stereocenters. The molecule has 2 aromatic rings. The Morgan fingerprint density at radius 3 is 2.32 bits per heavy atom. The molecule has 1 aliphatic rings. The van der Waals surface area contributed by atoms with Crippen LogP contribution < -0.4 is 11.2 Å². The van der Waals surface area contributed by atoms with Crippen LogP contribution in [0.3, 0.4) is 0 Å². The van der Waals surface area contributed by atoms with Gasteiger partial charge in [0.2, 0.25) is 0 Å². The lowest BCUT2D eigenvalue weighted by Crippen LogP contribution is -2.43. The molecule has 28 heavy (non-hydrogen) atoms. The molecule has 5 heteroatoms. The van der Waals surface area contributed by atoms with Gasteiger partial charge in [0.1, 0.15) is 5.82 Å². The Hall–Kier alpha value is -3.21. The second kappa shape index (κ2) is 9.65. The van der Waals surface area contributed by atoms with Crippen LogP contribution in [0.15, 0.2) is 78.1 Å². The summed E-state index contributed by atoms with van der Waals surface area (Å²) in [5.41, 5.74) is 14.2. The lowest BCUT2D eigenvalue weighted by atomic mass is 10.0. The summed E-state index contributed by atoms with van der Waals surface area (Å²) in [6.07, 6.45) is 5.64. The maximum atomic E-state index is 10.9. The number of hydrogen-bond donors (Lipinski definition) is 3. The van der Waals surface area contributed by atoms with E-state index in [9.17, 15) is 4.79 Å². The summed E-state index contributed by atoms with van der Waals surface area (Å²) in [5, 5.41) is 10.8. The number of aliphatic carboxylic acids is 1. The molecule has 0 bridgehead atoms. The van der Waals surface area contributed by atoms with Gasteiger partial charge in [0.05, 0.1) is 5.70 Å². The van der Waals surface area contributed by atoms with Crippen LogP contribution in [-0.2, 0) is 11.2 Å². The summed E-state index contributed by atoms with van der Waals surface area (Å²) in [4.78, 5) is 10.9. The smallest absolute Gasteiger partial charge is 0.303 e. The number of carbonyl (C=O) groups is 1. The molecular weight excluding hydrogens is 350 g/mol. The normalized spacial score (nSPS) is 13.9. The third kappa shape index (κ3) is 5.39. The molecule has 2 aromatic carbocycles. The Morgan fingerprint density at radius 2 is 1.64 bits per heavy atom. The monoisotopic (exact) mass is 377 g/mol. The van der Waals surface area contributed by atoms with Gasteiger partial charge in [0, 0.05) is 13.0 Å². The number of hydrazine groups is 1. The Kier molecular flexibility index (Phi) is 6.73. The van der Waals surface area contributed by atoms with Crippen molar-refractivity contribution in [3.05, 3.63) is 89.3 Å². The number of nitrogens with zero attached hydrogens (tertiary/aromatic N) is 1. The van der Waals surface area contributed by atoms with Crippen LogP contribution in [-0.4, -0.2) is 22.6 Å². The van der Waals surface area contributed by atoms with E-state index < -0.39 is 5.97 Å². The molecule has 0 amide bonds. The Balaban J connectivity index is 1.73. The summed E-state index contributed by atoms with van der Waals surface area (Å²) >= 11 is 0. The van der Waals surface area contributed by atoms with Gasteiger partial charge in [-0.3, -0.25) is 15.2 Å². The van der Waals surface area contributed by atoms with Crippen molar-refractivity contribution < 1.29 is 9.90 Å². The average Bonchev–Trinajstić information content (AvgIpc) is 2.71. The zero-order valence-electron chi connectivity index (χ0n) is 16.0. The number of aryl methyl sites for hydroxylation is 1. The molecule has 1 aliphatic heterocycles. The molecule has 1 heterocycles. The maximum absolute atomic E-state index is 10.9. The van der Waals surface area contributed by atoms with Crippen molar-refractivity contribution in [2.24, 2.45) is 5.73 Å². The Labute approximate surface area is 166 Å². The number of hydrogen-bond acceptors (Lipinski definition) is 4. The molecule has 3 rings (SSSR count). The third-order valence-electron chi connectivity index (χ3n) is 4.81. The molecule has 0 saturated carbocycles. The van der Waals surface area contributed by atoms with E-state index in [2.05, 4.69) is 47.9 Å². The highest BCUT2D eigenvalue weighted by Gasteiger charge is 2.19. The van der Waals surface area contributed by atoms with Crippen molar-refractivity contribution in [3.63, 3.8) is 0 Å². The van der Waals surface area contributed by atoms with Crippen molar-refractivity contribution in [1.29, 1.82) is 0 Å². The number of nitrogens with one attached hydrogen (secondary N) is 1. The fourth-order valence-electron chi connectivity index (χ4n) is 3.32. The standard InChI is InChI=1S/C23H27N3O2/c24-23-20(14-7-11-18-9-3-1-4-10-18)17-21(19-12-5-2-6-13-19)25-26(23)16-8-15-22(27)28/h1-6,9-10,12-13,17,25H,7-8,11,14-16,24H2,(H,27,28). The Morgan fingerprint density at radius 1 is 0.964 bits per heavy atom. The fraction of sp³-hybridized carbons (Fsp3) is 0.261. The first-order valence-corrected chi connectivity index (χ1v) is 9.69. The van der Waals surface area contributed by atoms with E-state index in [1.807, 2.05) is 29.3 Å². The van der Waals surface area contributed by atoms with Crippen LogP contribution in [0.5, 0.6) is 0 Å². The second-order valence-electron chi connectivity index (χ2n) is 6.93.